The van der Waals surface area contributed by atoms with Gasteiger partial charge in [0.2, 0.25) is 0 Å². The molecule has 0 amide bonds. The molecule has 0 aromatic heterocycles. The van der Waals surface area contributed by atoms with Crippen LogP contribution in [0.15, 0.2) is 17.0 Å². The molecule has 0 aliphatic rings. The molecular formula is C7H8N2O5S. The Morgan fingerprint density at radius 1 is 1.20 bits per heavy atom. The molecule has 0 atom stereocenters. The third kappa shape index (κ3) is 2.17. The van der Waals surface area contributed by atoms with E-state index in [0.29, 0.717) is 6.07 Å². The van der Waals surface area contributed by atoms with Crippen LogP contribution in [-0.2, 0) is 10.1 Å². The van der Waals surface area contributed by atoms with Crippen molar-refractivity contribution in [3.8, 4) is 0 Å². The monoisotopic (exact) mass is 232 g/mol. The summed E-state index contributed by atoms with van der Waals surface area (Å²) in [4.78, 5) is 9.94. The fourth-order valence-corrected chi connectivity index (χ4v) is 1.65. The zero-order chi connectivity index (χ0) is 11.8. The molecular weight excluding hydrogens is 224 g/mol. The molecule has 0 aliphatic heterocycles. The Hall–Kier alpha value is -1.80. The Bertz CT molecular complexity index is 522. The van der Waals surface area contributed by atoms with Crippen LogP contribution in [0.4, 0.5) is 11.4 Å². The number of rotatable bonds is 2. The van der Waals surface area contributed by atoms with Gasteiger partial charge in [-0.05, 0) is 12.1 Å². The highest BCUT2D eigenvalue weighted by molar-refractivity contribution is 7.86. The van der Waals surface area contributed by atoms with Gasteiger partial charge in [-0.3, -0.25) is 4.55 Å². The van der Waals surface area contributed by atoms with Crippen LogP contribution in [0.5, 0.6) is 0 Å². The number of nitrogens with two attached hydrogens (primary N) is 2. The number of nitrogen functional groups attached to an aromatic ring is 2. The topological polar surface area (TPSA) is 144 Å². The maximum atomic E-state index is 10.8. The molecule has 0 saturated heterocycles. The molecule has 0 spiro atoms. The van der Waals surface area contributed by atoms with Gasteiger partial charge in [-0.15, -0.1) is 0 Å². The third-order valence-corrected chi connectivity index (χ3v) is 2.60. The van der Waals surface area contributed by atoms with Crippen molar-refractivity contribution in [3.63, 3.8) is 0 Å². The third-order valence-electron chi connectivity index (χ3n) is 1.69. The summed E-state index contributed by atoms with van der Waals surface area (Å²) < 4.78 is 30.3. The molecule has 15 heavy (non-hydrogen) atoms. The molecule has 0 bridgehead atoms. The second-order valence-corrected chi connectivity index (χ2v) is 4.15. The van der Waals surface area contributed by atoms with E-state index < -0.39 is 26.5 Å². The molecule has 1 aromatic rings. The predicted molar refractivity (Wildman–Crippen MR) is 52.0 cm³/mol. The molecule has 82 valence electrons. The second kappa shape index (κ2) is 3.41. The number of hydrogen-bond donors (Lipinski definition) is 4. The number of carboxylic acids is 1. The molecule has 7 nitrogen and oxygen atoms in total. The van der Waals surface area contributed by atoms with Crippen molar-refractivity contribution in [1.82, 2.24) is 0 Å². The van der Waals surface area contributed by atoms with E-state index in [9.17, 15) is 13.2 Å². The Labute approximate surface area is 85.1 Å². The van der Waals surface area contributed by atoms with Crippen molar-refractivity contribution < 1.29 is 22.9 Å². The summed E-state index contributed by atoms with van der Waals surface area (Å²) in [6.07, 6.45) is 0. The maximum Gasteiger partial charge on any atom is 0.337 e. The van der Waals surface area contributed by atoms with Crippen LogP contribution in [0.2, 0.25) is 0 Å². The summed E-state index contributed by atoms with van der Waals surface area (Å²) in [7, 11) is -4.55. The lowest BCUT2D eigenvalue weighted by atomic mass is 10.1. The molecule has 0 fully saturated rings. The molecule has 0 radical (unpaired) electrons. The lowest BCUT2D eigenvalue weighted by Gasteiger charge is -2.06. The first-order valence-corrected chi connectivity index (χ1v) is 5.07. The quantitative estimate of drug-likeness (QED) is 0.408. The molecule has 8 heteroatoms. The van der Waals surface area contributed by atoms with Gasteiger partial charge in [0.05, 0.1) is 11.3 Å². The minimum Gasteiger partial charge on any atom is -0.478 e. The van der Waals surface area contributed by atoms with E-state index in [1.807, 2.05) is 0 Å². The summed E-state index contributed by atoms with van der Waals surface area (Å²) in [5.74, 6) is -1.41. The van der Waals surface area contributed by atoms with Crippen LogP contribution in [0.3, 0.4) is 0 Å². The Balaban J connectivity index is 3.58. The normalized spacial score (nSPS) is 11.3. The lowest BCUT2D eigenvalue weighted by molar-refractivity contribution is 0.0698. The maximum absolute atomic E-state index is 10.8. The molecule has 0 saturated carbocycles. The van der Waals surface area contributed by atoms with Gasteiger partial charge in [0, 0.05) is 5.69 Å². The van der Waals surface area contributed by atoms with E-state index in [1.54, 1.807) is 0 Å². The SMILES string of the molecule is Nc1cc(N)c(S(=O)(=O)O)cc1C(=O)O. The van der Waals surface area contributed by atoms with Crippen LogP contribution < -0.4 is 11.5 Å². The minimum absolute atomic E-state index is 0.174. The highest BCUT2D eigenvalue weighted by Crippen LogP contribution is 2.24. The summed E-state index contributed by atoms with van der Waals surface area (Å²) in [5.41, 5.74) is 9.65. The van der Waals surface area contributed by atoms with Gasteiger partial charge in [0.15, 0.2) is 0 Å². The molecule has 0 aliphatic carbocycles. The standard InChI is InChI=1S/C7H8N2O5S/c8-4-2-5(9)6(15(12,13)14)1-3(4)7(10)11/h1-2H,8-9H2,(H,10,11)(H,12,13,14). The Kier molecular flexibility index (Phi) is 2.56. The molecule has 0 heterocycles. The van der Waals surface area contributed by atoms with Crippen molar-refractivity contribution in [1.29, 1.82) is 0 Å². The van der Waals surface area contributed by atoms with Gasteiger partial charge in [-0.1, -0.05) is 0 Å². The van der Waals surface area contributed by atoms with Crippen molar-refractivity contribution in [2.75, 3.05) is 11.5 Å². The molecule has 6 N–H and O–H groups in total. The number of anilines is 2. The van der Waals surface area contributed by atoms with Gasteiger partial charge >= 0.3 is 5.97 Å². The number of carboxylic acid groups (broad SMARTS) is 1. The van der Waals surface area contributed by atoms with E-state index in [-0.39, 0.29) is 11.4 Å². The second-order valence-electron chi connectivity index (χ2n) is 2.76. The van der Waals surface area contributed by atoms with Crippen LogP contribution in [0.25, 0.3) is 0 Å². The number of benzene rings is 1. The average Bonchev–Trinajstić information content (AvgIpc) is 2.00. The van der Waals surface area contributed by atoms with E-state index in [1.165, 1.54) is 0 Å². The summed E-state index contributed by atoms with van der Waals surface area (Å²) >= 11 is 0. The zero-order valence-corrected chi connectivity index (χ0v) is 8.15. The van der Waals surface area contributed by atoms with Gasteiger partial charge < -0.3 is 16.6 Å². The predicted octanol–water partition coefficient (Wildman–Crippen LogP) is -0.204. The van der Waals surface area contributed by atoms with Crippen LogP contribution in [0.1, 0.15) is 10.4 Å². The molecule has 0 unspecified atom stereocenters. The van der Waals surface area contributed by atoms with Crippen molar-refractivity contribution >= 4 is 27.5 Å². The first-order chi connectivity index (χ1) is 6.73. The van der Waals surface area contributed by atoms with Gasteiger partial charge in [0.1, 0.15) is 4.90 Å². The fraction of sp³-hybridized carbons (Fsp3) is 0. The van der Waals surface area contributed by atoms with Gasteiger partial charge in [-0.2, -0.15) is 8.42 Å². The number of carbonyl (C=O) groups is 1. The van der Waals surface area contributed by atoms with Crippen LogP contribution >= 0.6 is 0 Å². The Morgan fingerprint density at radius 2 is 1.73 bits per heavy atom. The highest BCUT2D eigenvalue weighted by atomic mass is 32.2. The van der Waals surface area contributed by atoms with E-state index in [0.717, 1.165) is 6.07 Å². The van der Waals surface area contributed by atoms with Crippen molar-refractivity contribution in [3.05, 3.63) is 17.7 Å². The summed E-state index contributed by atoms with van der Waals surface area (Å²) in [5, 5.41) is 8.65. The summed E-state index contributed by atoms with van der Waals surface area (Å²) in [6, 6.07) is 1.68. The zero-order valence-electron chi connectivity index (χ0n) is 7.34. The number of aromatic carboxylic acids is 1. The van der Waals surface area contributed by atoms with E-state index >= 15 is 0 Å². The molecule has 1 aromatic carbocycles. The first-order valence-electron chi connectivity index (χ1n) is 3.63. The van der Waals surface area contributed by atoms with Crippen molar-refractivity contribution in [2.45, 2.75) is 4.90 Å². The lowest BCUT2D eigenvalue weighted by Crippen LogP contribution is -2.09. The van der Waals surface area contributed by atoms with E-state index in [4.69, 9.17) is 21.1 Å². The Morgan fingerprint density at radius 3 is 2.13 bits per heavy atom. The highest BCUT2D eigenvalue weighted by Gasteiger charge is 2.19. The first kappa shape index (κ1) is 11.3. The van der Waals surface area contributed by atoms with Crippen LogP contribution in [-0.4, -0.2) is 24.0 Å². The smallest absolute Gasteiger partial charge is 0.337 e. The average molecular weight is 232 g/mol. The van der Waals surface area contributed by atoms with Gasteiger partial charge in [0.25, 0.3) is 10.1 Å². The summed E-state index contributed by atoms with van der Waals surface area (Å²) in [6.45, 7) is 0. The van der Waals surface area contributed by atoms with Crippen LogP contribution in [0, 0.1) is 0 Å². The number of hydrogen-bond acceptors (Lipinski definition) is 5. The van der Waals surface area contributed by atoms with Gasteiger partial charge in [-0.25, -0.2) is 4.79 Å². The fourth-order valence-electron chi connectivity index (χ4n) is 1.02. The minimum atomic E-state index is -4.55. The largest absolute Gasteiger partial charge is 0.478 e. The molecule has 1 rings (SSSR count). The van der Waals surface area contributed by atoms with E-state index in [2.05, 4.69) is 0 Å². The van der Waals surface area contributed by atoms with Crippen molar-refractivity contribution in [2.24, 2.45) is 0 Å².